The molecule has 1 aromatic carbocycles. The fraction of sp³-hybridized carbons (Fsp3) is 0.350. The van der Waals surface area contributed by atoms with Crippen LogP contribution in [0.2, 0.25) is 0 Å². The Morgan fingerprint density at radius 1 is 1.08 bits per heavy atom. The number of nitriles is 3. The first-order valence-electron chi connectivity index (χ1n) is 8.09. The Morgan fingerprint density at radius 2 is 1.75 bits per heavy atom. The Balaban J connectivity index is 2.34. The Labute approximate surface area is 142 Å². The predicted molar refractivity (Wildman–Crippen MR) is 89.6 cm³/mol. The van der Waals surface area contributed by atoms with Crippen LogP contribution in [0.25, 0.3) is 0 Å². The van der Waals surface area contributed by atoms with Gasteiger partial charge in [-0.15, -0.1) is 0 Å². The van der Waals surface area contributed by atoms with Crippen LogP contribution in [-0.4, -0.2) is 0 Å². The van der Waals surface area contributed by atoms with Crippen LogP contribution in [0.15, 0.2) is 53.3 Å². The minimum Gasteiger partial charge on any atom is -0.399 e. The maximum Gasteiger partial charge on any atom is 0.191 e. The molecule has 0 saturated carbocycles. The molecule has 2 aliphatic carbocycles. The van der Waals surface area contributed by atoms with E-state index in [4.69, 9.17) is 5.73 Å². The van der Waals surface area contributed by atoms with Gasteiger partial charge in [-0.05, 0) is 35.8 Å². The second-order valence-electron chi connectivity index (χ2n) is 6.60. The first kappa shape index (κ1) is 15.9. The van der Waals surface area contributed by atoms with Crippen LogP contribution in [-0.2, 0) is 0 Å². The van der Waals surface area contributed by atoms with E-state index >= 15 is 0 Å². The lowest BCUT2D eigenvalue weighted by atomic mass is 9.56. The van der Waals surface area contributed by atoms with Crippen molar-refractivity contribution in [3.8, 4) is 18.2 Å². The van der Waals surface area contributed by atoms with Gasteiger partial charge in [0.25, 0.3) is 0 Å². The van der Waals surface area contributed by atoms with Crippen LogP contribution in [0, 0.1) is 51.2 Å². The molecule has 4 heteroatoms. The lowest BCUT2D eigenvalue weighted by Gasteiger charge is -2.44. The van der Waals surface area contributed by atoms with Crippen LogP contribution >= 0.6 is 0 Å². The lowest BCUT2D eigenvalue weighted by molar-refractivity contribution is 0.303. The highest BCUT2D eigenvalue weighted by Gasteiger charge is 2.53. The van der Waals surface area contributed by atoms with E-state index in [2.05, 4.69) is 31.2 Å². The molecule has 0 saturated heterocycles. The first-order chi connectivity index (χ1) is 11.6. The summed E-state index contributed by atoms with van der Waals surface area (Å²) >= 11 is 0. The summed E-state index contributed by atoms with van der Waals surface area (Å²) in [6.45, 7) is 2.11. The van der Waals surface area contributed by atoms with Crippen molar-refractivity contribution in [2.24, 2.45) is 23.0 Å². The molecule has 0 fully saturated rings. The monoisotopic (exact) mass is 314 g/mol. The Kier molecular flexibility index (Phi) is 3.88. The van der Waals surface area contributed by atoms with E-state index in [1.54, 1.807) is 0 Å². The van der Waals surface area contributed by atoms with Crippen molar-refractivity contribution in [2.75, 3.05) is 0 Å². The van der Waals surface area contributed by atoms with Gasteiger partial charge in [-0.1, -0.05) is 43.3 Å². The molecule has 0 bridgehead atoms. The zero-order chi connectivity index (χ0) is 17.3. The average molecular weight is 314 g/mol. The SMILES string of the molecule is C[C@H]1C=C2C(C#N)=C(N)C(C#N)(C#N)[C@@H](c3ccccc3)[C@H]2CC1. The number of nitrogens with zero attached hydrogens (tertiary/aromatic N) is 3. The molecule has 0 amide bonds. The number of benzene rings is 1. The molecule has 3 rings (SSSR count). The van der Waals surface area contributed by atoms with Gasteiger partial charge in [-0.3, -0.25) is 0 Å². The first-order valence-corrected chi connectivity index (χ1v) is 8.09. The molecule has 0 aromatic heterocycles. The summed E-state index contributed by atoms with van der Waals surface area (Å²) in [4.78, 5) is 0. The van der Waals surface area contributed by atoms with Gasteiger partial charge in [0.1, 0.15) is 6.07 Å². The molecule has 0 aliphatic heterocycles. The van der Waals surface area contributed by atoms with Crippen molar-refractivity contribution in [3.05, 3.63) is 58.8 Å². The van der Waals surface area contributed by atoms with Crippen molar-refractivity contribution in [3.63, 3.8) is 0 Å². The number of hydrogen-bond donors (Lipinski definition) is 1. The van der Waals surface area contributed by atoms with Gasteiger partial charge in [0.2, 0.25) is 0 Å². The Hall–Kier alpha value is -3.03. The summed E-state index contributed by atoms with van der Waals surface area (Å²) in [5, 5.41) is 29.4. The fourth-order valence-corrected chi connectivity index (χ4v) is 4.10. The lowest BCUT2D eigenvalue weighted by Crippen LogP contribution is -2.43. The molecular formula is C20H18N4. The van der Waals surface area contributed by atoms with E-state index in [0.717, 1.165) is 24.0 Å². The summed E-state index contributed by atoms with van der Waals surface area (Å²) in [6.07, 6.45) is 3.91. The van der Waals surface area contributed by atoms with Gasteiger partial charge >= 0.3 is 0 Å². The number of hydrogen-bond acceptors (Lipinski definition) is 4. The number of nitrogens with two attached hydrogens (primary N) is 1. The minimum atomic E-state index is -1.50. The van der Waals surface area contributed by atoms with Crippen LogP contribution in [0.4, 0.5) is 0 Å². The van der Waals surface area contributed by atoms with Crippen molar-refractivity contribution in [1.82, 2.24) is 0 Å². The highest BCUT2D eigenvalue weighted by atomic mass is 14.7. The Morgan fingerprint density at radius 3 is 2.33 bits per heavy atom. The molecule has 118 valence electrons. The number of fused-ring (bicyclic) bond motifs is 1. The molecule has 0 spiro atoms. The van der Waals surface area contributed by atoms with Crippen LogP contribution in [0.5, 0.6) is 0 Å². The van der Waals surface area contributed by atoms with E-state index in [0.29, 0.717) is 11.5 Å². The van der Waals surface area contributed by atoms with Gasteiger partial charge < -0.3 is 5.73 Å². The Bertz CT molecular complexity index is 828. The smallest absolute Gasteiger partial charge is 0.191 e. The second-order valence-corrected chi connectivity index (χ2v) is 6.60. The van der Waals surface area contributed by atoms with Crippen molar-refractivity contribution in [2.45, 2.75) is 25.7 Å². The topological polar surface area (TPSA) is 97.4 Å². The van der Waals surface area contributed by atoms with Gasteiger partial charge in [0.05, 0.1) is 23.4 Å². The molecule has 3 atom stereocenters. The van der Waals surface area contributed by atoms with Gasteiger partial charge in [-0.2, -0.15) is 15.8 Å². The summed E-state index contributed by atoms with van der Waals surface area (Å²) < 4.78 is 0. The number of allylic oxidation sites excluding steroid dienone is 4. The standard InChI is InChI=1S/C20H18N4/c1-13-7-8-15-16(9-13)17(10-21)19(24)20(11-22,12-23)18(15)14-5-3-2-4-6-14/h2-6,9,13,15,18H,7-8,24H2,1H3/t13-,15+,18+/m1/s1. The van der Waals surface area contributed by atoms with Gasteiger partial charge in [-0.25, -0.2) is 0 Å². The predicted octanol–water partition coefficient (Wildman–Crippen LogP) is 3.53. The van der Waals surface area contributed by atoms with E-state index in [-0.39, 0.29) is 17.5 Å². The molecule has 0 radical (unpaired) electrons. The van der Waals surface area contributed by atoms with Crippen molar-refractivity contribution in [1.29, 1.82) is 15.8 Å². The third-order valence-corrected chi connectivity index (χ3v) is 5.27. The molecule has 4 nitrogen and oxygen atoms in total. The third kappa shape index (κ3) is 2.10. The van der Waals surface area contributed by atoms with Crippen LogP contribution in [0.1, 0.15) is 31.2 Å². The molecule has 24 heavy (non-hydrogen) atoms. The van der Waals surface area contributed by atoms with Crippen LogP contribution < -0.4 is 5.73 Å². The average Bonchev–Trinajstić information content (AvgIpc) is 2.62. The number of rotatable bonds is 1. The third-order valence-electron chi connectivity index (χ3n) is 5.27. The van der Waals surface area contributed by atoms with E-state index in [1.165, 1.54) is 0 Å². The quantitative estimate of drug-likeness (QED) is 0.857. The summed E-state index contributed by atoms with van der Waals surface area (Å²) in [5.74, 6) is -0.0325. The zero-order valence-electron chi connectivity index (χ0n) is 13.5. The fourth-order valence-electron chi connectivity index (χ4n) is 4.10. The highest BCUT2D eigenvalue weighted by Crippen LogP contribution is 2.56. The molecule has 0 unspecified atom stereocenters. The molecule has 1 aromatic rings. The van der Waals surface area contributed by atoms with Gasteiger partial charge in [0, 0.05) is 5.92 Å². The van der Waals surface area contributed by atoms with E-state index < -0.39 is 5.41 Å². The molecular weight excluding hydrogens is 296 g/mol. The van der Waals surface area contributed by atoms with E-state index in [1.807, 2.05) is 30.3 Å². The normalized spacial score (nSPS) is 27.9. The van der Waals surface area contributed by atoms with Crippen molar-refractivity contribution >= 4 is 0 Å². The minimum absolute atomic E-state index is 0.0372. The zero-order valence-corrected chi connectivity index (χ0v) is 13.5. The summed E-state index contributed by atoms with van der Waals surface area (Å²) in [5.41, 5.74) is 6.98. The maximum atomic E-state index is 9.88. The van der Waals surface area contributed by atoms with E-state index in [9.17, 15) is 15.8 Å². The maximum absolute atomic E-state index is 9.88. The summed E-state index contributed by atoms with van der Waals surface area (Å²) in [7, 11) is 0. The summed E-state index contributed by atoms with van der Waals surface area (Å²) in [6, 6.07) is 16.1. The largest absolute Gasteiger partial charge is 0.399 e. The van der Waals surface area contributed by atoms with Gasteiger partial charge in [0.15, 0.2) is 5.41 Å². The highest BCUT2D eigenvalue weighted by molar-refractivity contribution is 5.59. The second kappa shape index (κ2) is 5.88. The molecule has 2 N–H and O–H groups in total. The van der Waals surface area contributed by atoms with Crippen LogP contribution in [0.3, 0.4) is 0 Å². The molecule has 2 aliphatic rings. The molecule has 0 heterocycles. The van der Waals surface area contributed by atoms with Crippen molar-refractivity contribution < 1.29 is 0 Å².